The maximum absolute atomic E-state index is 12.9. The van der Waals surface area contributed by atoms with Crippen molar-refractivity contribution in [3.63, 3.8) is 0 Å². The highest BCUT2D eigenvalue weighted by atomic mass is 16.6. The number of ether oxygens (including phenoxy) is 2. The molecule has 0 fully saturated rings. The van der Waals surface area contributed by atoms with Gasteiger partial charge in [-0.1, -0.05) is 66.7 Å². The average molecular weight is 543 g/mol. The Morgan fingerprint density at radius 3 is 2.48 bits per heavy atom. The second-order valence-electron chi connectivity index (χ2n) is 10.5. The van der Waals surface area contributed by atoms with Crippen LogP contribution in [0.1, 0.15) is 42.7 Å². The van der Waals surface area contributed by atoms with Gasteiger partial charge in [0.2, 0.25) is 5.91 Å². The molecule has 208 valence electrons. The van der Waals surface area contributed by atoms with Gasteiger partial charge in [0, 0.05) is 13.1 Å². The molecule has 0 saturated heterocycles. The number of rotatable bonds is 9. The van der Waals surface area contributed by atoms with E-state index < -0.39 is 17.7 Å². The lowest BCUT2D eigenvalue weighted by atomic mass is 10.1. The zero-order valence-corrected chi connectivity index (χ0v) is 22.7. The maximum Gasteiger partial charge on any atom is 0.410 e. The van der Waals surface area contributed by atoms with Crippen molar-refractivity contribution in [3.8, 4) is 0 Å². The summed E-state index contributed by atoms with van der Waals surface area (Å²) in [4.78, 5) is 27.2. The van der Waals surface area contributed by atoms with Crippen LogP contribution >= 0.6 is 0 Å². The third kappa shape index (κ3) is 6.47. The lowest BCUT2D eigenvalue weighted by Gasteiger charge is -2.29. The number of hydrogen-bond acceptors (Lipinski definition) is 7. The predicted molar refractivity (Wildman–Crippen MR) is 150 cm³/mol. The molecule has 0 saturated carbocycles. The van der Waals surface area contributed by atoms with E-state index in [1.165, 1.54) is 0 Å². The van der Waals surface area contributed by atoms with E-state index in [-0.39, 0.29) is 25.7 Å². The summed E-state index contributed by atoms with van der Waals surface area (Å²) in [6.07, 6.45) is -0.412. The van der Waals surface area contributed by atoms with Gasteiger partial charge in [0.25, 0.3) is 0 Å². The van der Waals surface area contributed by atoms with Crippen LogP contribution in [-0.2, 0) is 40.6 Å². The highest BCUT2D eigenvalue weighted by Gasteiger charge is 2.31. The van der Waals surface area contributed by atoms with Crippen LogP contribution in [-0.4, -0.2) is 50.4 Å². The molecule has 1 aromatic heterocycles. The summed E-state index contributed by atoms with van der Waals surface area (Å²) in [7, 11) is 0. The van der Waals surface area contributed by atoms with Gasteiger partial charge in [-0.2, -0.15) is 0 Å². The first kappa shape index (κ1) is 27.3. The Morgan fingerprint density at radius 1 is 0.950 bits per heavy atom. The molecule has 0 bridgehead atoms. The van der Waals surface area contributed by atoms with Gasteiger partial charge in [0.1, 0.15) is 12.6 Å². The van der Waals surface area contributed by atoms with Crippen LogP contribution in [0.3, 0.4) is 0 Å². The third-order valence-electron chi connectivity index (χ3n) is 6.81. The average Bonchev–Trinajstić information content (AvgIpc) is 3.38. The molecule has 5 rings (SSSR count). The third-order valence-corrected chi connectivity index (χ3v) is 6.81. The fourth-order valence-corrected chi connectivity index (χ4v) is 4.55. The molecular weight excluding hydrogens is 508 g/mol. The number of carbonyl (C=O) groups is 2. The van der Waals surface area contributed by atoms with Gasteiger partial charge in [-0.05, 0) is 41.8 Å². The van der Waals surface area contributed by atoms with Crippen LogP contribution in [0, 0.1) is 0 Å². The number of aromatic nitrogens is 3. The summed E-state index contributed by atoms with van der Waals surface area (Å²) < 4.78 is 13.5. The lowest BCUT2D eigenvalue weighted by molar-refractivity contribution is -0.126. The number of fused-ring (bicyclic) bond motifs is 2. The molecule has 3 aromatic carbocycles. The number of amides is 2. The lowest BCUT2D eigenvalue weighted by Crippen LogP contribution is -2.51. The van der Waals surface area contributed by atoms with Crippen molar-refractivity contribution in [1.82, 2.24) is 25.0 Å². The molecular formula is C30H34N6O4. The van der Waals surface area contributed by atoms with Crippen LogP contribution in [0.15, 0.2) is 72.8 Å². The second kappa shape index (κ2) is 11.8. The molecule has 1 atom stereocenters. The zero-order valence-electron chi connectivity index (χ0n) is 22.7. The van der Waals surface area contributed by atoms with E-state index in [1.807, 2.05) is 77.4 Å². The summed E-state index contributed by atoms with van der Waals surface area (Å²) in [5.41, 5.74) is 6.90. The topological polar surface area (TPSA) is 125 Å². The number of nitrogens with zero attached hydrogens (tertiary/aromatic N) is 4. The summed E-state index contributed by atoms with van der Waals surface area (Å²) in [6, 6.07) is 23.3. The first-order valence-electron chi connectivity index (χ1n) is 13.3. The molecule has 4 aromatic rings. The SMILES string of the molecule is CC(C)(N)C(=O)N[C@H](COCc1ccccc1)c1nnc2n1CCN(C(=O)OCc1ccc3ccccc3c1)C2. The zero-order chi connectivity index (χ0) is 28.1. The fraction of sp³-hybridized carbons (Fsp3) is 0.333. The molecule has 1 aliphatic rings. The van der Waals surface area contributed by atoms with Gasteiger partial charge in [0.05, 0.1) is 25.3 Å². The Balaban J connectivity index is 1.23. The van der Waals surface area contributed by atoms with Gasteiger partial charge in [-0.15, -0.1) is 10.2 Å². The van der Waals surface area contributed by atoms with E-state index in [9.17, 15) is 9.59 Å². The Bertz CT molecular complexity index is 1480. The van der Waals surface area contributed by atoms with Crippen molar-refractivity contribution in [2.75, 3.05) is 13.2 Å². The number of benzene rings is 3. The largest absolute Gasteiger partial charge is 0.445 e. The monoisotopic (exact) mass is 542 g/mol. The summed E-state index contributed by atoms with van der Waals surface area (Å²) in [6.45, 7) is 5.17. The predicted octanol–water partition coefficient (Wildman–Crippen LogP) is 3.70. The first-order valence-corrected chi connectivity index (χ1v) is 13.3. The van der Waals surface area contributed by atoms with Crippen molar-refractivity contribution in [1.29, 1.82) is 0 Å². The van der Waals surface area contributed by atoms with E-state index in [0.717, 1.165) is 21.9 Å². The quantitative estimate of drug-likeness (QED) is 0.330. The van der Waals surface area contributed by atoms with Crippen LogP contribution in [0.4, 0.5) is 4.79 Å². The highest BCUT2D eigenvalue weighted by Crippen LogP contribution is 2.21. The van der Waals surface area contributed by atoms with Crippen LogP contribution in [0.25, 0.3) is 10.8 Å². The minimum absolute atomic E-state index is 0.180. The highest BCUT2D eigenvalue weighted by molar-refractivity contribution is 5.85. The van der Waals surface area contributed by atoms with Gasteiger partial charge in [0.15, 0.2) is 11.6 Å². The van der Waals surface area contributed by atoms with Crippen molar-refractivity contribution in [2.24, 2.45) is 5.73 Å². The number of carbonyl (C=O) groups excluding carboxylic acids is 2. The Kier molecular flexibility index (Phi) is 8.09. The van der Waals surface area contributed by atoms with E-state index in [1.54, 1.807) is 18.7 Å². The molecule has 0 unspecified atom stereocenters. The molecule has 0 radical (unpaired) electrons. The standard InChI is InChI=1S/C30H34N6O4/c1-30(2,31)28(37)32-25(20-39-18-21-8-4-3-5-9-21)27-34-33-26-17-35(14-15-36(26)27)29(38)40-19-22-12-13-23-10-6-7-11-24(23)16-22/h3-13,16,25H,14-15,17-20,31H2,1-2H3,(H,32,37)/t25-/m1/s1. The Labute approximate surface area is 233 Å². The van der Waals surface area contributed by atoms with Crippen LogP contribution < -0.4 is 11.1 Å². The summed E-state index contributed by atoms with van der Waals surface area (Å²) in [5.74, 6) is 0.843. The molecule has 0 aliphatic carbocycles. The van der Waals surface area contributed by atoms with Crippen molar-refractivity contribution >= 4 is 22.8 Å². The minimum atomic E-state index is -1.08. The van der Waals surface area contributed by atoms with Crippen LogP contribution in [0.5, 0.6) is 0 Å². The minimum Gasteiger partial charge on any atom is -0.445 e. The van der Waals surface area contributed by atoms with E-state index in [0.29, 0.717) is 31.3 Å². The van der Waals surface area contributed by atoms with Crippen molar-refractivity contribution < 1.29 is 19.1 Å². The molecule has 10 nitrogen and oxygen atoms in total. The number of nitrogens with two attached hydrogens (primary N) is 1. The van der Waals surface area contributed by atoms with E-state index in [4.69, 9.17) is 15.2 Å². The number of nitrogens with one attached hydrogen (secondary N) is 1. The Morgan fingerprint density at radius 2 is 1.70 bits per heavy atom. The van der Waals surface area contributed by atoms with E-state index >= 15 is 0 Å². The fourth-order valence-electron chi connectivity index (χ4n) is 4.55. The normalized spacial score (nSPS) is 14.0. The summed E-state index contributed by atoms with van der Waals surface area (Å²) >= 11 is 0. The van der Waals surface area contributed by atoms with Gasteiger partial charge in [-0.3, -0.25) is 9.69 Å². The first-order chi connectivity index (χ1) is 19.3. The Hall–Kier alpha value is -4.28. The van der Waals surface area contributed by atoms with E-state index in [2.05, 4.69) is 15.5 Å². The molecule has 3 N–H and O–H groups in total. The maximum atomic E-state index is 12.9. The second-order valence-corrected chi connectivity index (χ2v) is 10.5. The molecule has 40 heavy (non-hydrogen) atoms. The molecule has 2 heterocycles. The van der Waals surface area contributed by atoms with Gasteiger partial charge >= 0.3 is 6.09 Å². The molecule has 0 spiro atoms. The summed E-state index contributed by atoms with van der Waals surface area (Å²) in [5, 5.41) is 13.9. The van der Waals surface area contributed by atoms with Crippen molar-refractivity contribution in [2.45, 2.75) is 51.7 Å². The molecule has 10 heteroatoms. The van der Waals surface area contributed by atoms with Crippen molar-refractivity contribution in [3.05, 3.63) is 95.6 Å². The number of hydrogen-bond donors (Lipinski definition) is 2. The smallest absolute Gasteiger partial charge is 0.410 e. The molecule has 2 amide bonds. The van der Waals surface area contributed by atoms with Gasteiger partial charge in [-0.25, -0.2) is 4.79 Å². The van der Waals surface area contributed by atoms with Gasteiger partial charge < -0.3 is 25.1 Å². The van der Waals surface area contributed by atoms with Crippen LogP contribution in [0.2, 0.25) is 0 Å². The molecule has 1 aliphatic heterocycles.